The molecule has 0 aliphatic heterocycles. The number of benzene rings is 2. The van der Waals surface area contributed by atoms with Gasteiger partial charge >= 0.3 is 0 Å². The third-order valence-electron chi connectivity index (χ3n) is 3.99. The minimum atomic E-state index is -0.320. The highest BCUT2D eigenvalue weighted by Crippen LogP contribution is 2.28. The first-order chi connectivity index (χ1) is 13.5. The van der Waals surface area contributed by atoms with E-state index in [9.17, 15) is 9.59 Å². The normalized spacial score (nSPS) is 10.8. The van der Waals surface area contributed by atoms with Crippen molar-refractivity contribution in [2.24, 2.45) is 0 Å². The van der Waals surface area contributed by atoms with Gasteiger partial charge in [0.1, 0.15) is 0 Å². The molecule has 140 valence electrons. The molecule has 0 saturated heterocycles. The number of amides is 2. The Morgan fingerprint density at radius 1 is 1.04 bits per heavy atom. The van der Waals surface area contributed by atoms with Crippen LogP contribution >= 0.6 is 34.3 Å². The Bertz CT molecular complexity index is 1190. The van der Waals surface area contributed by atoms with Gasteiger partial charge in [-0.3, -0.25) is 14.9 Å². The molecule has 0 bridgehead atoms. The van der Waals surface area contributed by atoms with Crippen LogP contribution in [-0.4, -0.2) is 16.8 Å². The molecule has 4 rings (SSSR count). The van der Waals surface area contributed by atoms with Crippen LogP contribution in [0.25, 0.3) is 10.2 Å². The average Bonchev–Trinajstić information content (AvgIpc) is 3.32. The molecular formula is C20H14ClN3O2S2. The molecule has 0 radical (unpaired) electrons. The van der Waals surface area contributed by atoms with E-state index in [2.05, 4.69) is 15.6 Å². The summed E-state index contributed by atoms with van der Waals surface area (Å²) in [6.07, 6.45) is 0. The van der Waals surface area contributed by atoms with Crippen LogP contribution in [0.15, 0.2) is 53.9 Å². The van der Waals surface area contributed by atoms with E-state index in [1.807, 2.05) is 30.5 Å². The number of carbonyl (C=O) groups excluding carboxylic acids is 2. The number of hydrogen-bond donors (Lipinski definition) is 2. The minimum absolute atomic E-state index is 0.268. The molecule has 4 aromatic rings. The van der Waals surface area contributed by atoms with Crippen LogP contribution in [0.3, 0.4) is 0 Å². The first-order valence-electron chi connectivity index (χ1n) is 8.32. The van der Waals surface area contributed by atoms with E-state index >= 15 is 0 Å². The van der Waals surface area contributed by atoms with E-state index in [1.165, 1.54) is 22.7 Å². The molecule has 0 unspecified atom stereocenters. The number of rotatable bonds is 4. The number of hydrogen-bond acceptors (Lipinski definition) is 5. The summed E-state index contributed by atoms with van der Waals surface area (Å²) in [5, 5.41) is 8.25. The molecule has 2 amide bonds. The van der Waals surface area contributed by atoms with E-state index in [0.29, 0.717) is 26.3 Å². The molecule has 0 spiro atoms. The summed E-state index contributed by atoms with van der Waals surface area (Å²) in [7, 11) is 0. The molecule has 28 heavy (non-hydrogen) atoms. The summed E-state index contributed by atoms with van der Waals surface area (Å²) in [4.78, 5) is 29.9. The molecule has 5 nitrogen and oxygen atoms in total. The zero-order chi connectivity index (χ0) is 19.7. The molecule has 2 aromatic carbocycles. The third kappa shape index (κ3) is 3.91. The predicted octanol–water partition coefficient (Wildman–Crippen LogP) is 5.82. The van der Waals surface area contributed by atoms with Crippen molar-refractivity contribution >= 4 is 67.1 Å². The van der Waals surface area contributed by atoms with Crippen LogP contribution in [0.1, 0.15) is 25.6 Å². The number of aryl methyl sites for hydroxylation is 1. The highest BCUT2D eigenvalue weighted by Gasteiger charge is 2.14. The number of nitrogens with one attached hydrogen (secondary N) is 2. The van der Waals surface area contributed by atoms with Crippen molar-refractivity contribution < 1.29 is 9.59 Å². The summed E-state index contributed by atoms with van der Waals surface area (Å²) < 4.78 is 1.01. The quantitative estimate of drug-likeness (QED) is 0.430. The van der Waals surface area contributed by atoms with Crippen LogP contribution < -0.4 is 10.6 Å². The van der Waals surface area contributed by atoms with Crippen LogP contribution in [0.5, 0.6) is 0 Å². The number of fused-ring (bicyclic) bond motifs is 1. The standard InChI is InChI=1S/C20H14ClN3O2S2/c1-11-4-7-14-17(9-11)28-20(23-14)24-18(25)12-5-6-13(21)15(10-12)22-19(26)16-3-2-8-27-16/h2-10H,1H3,(H,22,26)(H,23,24,25). The van der Waals surface area contributed by atoms with E-state index < -0.39 is 0 Å². The zero-order valence-electron chi connectivity index (χ0n) is 14.7. The van der Waals surface area contributed by atoms with Gasteiger partial charge in [-0.1, -0.05) is 35.1 Å². The van der Waals surface area contributed by atoms with Gasteiger partial charge in [-0.2, -0.15) is 0 Å². The Balaban J connectivity index is 1.54. The number of aromatic nitrogens is 1. The highest BCUT2D eigenvalue weighted by molar-refractivity contribution is 7.22. The Labute approximate surface area is 174 Å². The lowest BCUT2D eigenvalue weighted by atomic mass is 10.2. The smallest absolute Gasteiger partial charge is 0.265 e. The topological polar surface area (TPSA) is 71.1 Å². The summed E-state index contributed by atoms with van der Waals surface area (Å²) in [6.45, 7) is 2.01. The molecular weight excluding hydrogens is 414 g/mol. The lowest BCUT2D eigenvalue weighted by Gasteiger charge is -2.08. The first-order valence-corrected chi connectivity index (χ1v) is 10.4. The molecule has 0 atom stereocenters. The van der Waals surface area contributed by atoms with Gasteiger partial charge in [0, 0.05) is 5.56 Å². The van der Waals surface area contributed by atoms with E-state index in [1.54, 1.807) is 30.3 Å². The molecule has 2 heterocycles. The molecule has 0 aliphatic carbocycles. The molecule has 0 fully saturated rings. The van der Waals surface area contributed by atoms with Crippen molar-refractivity contribution in [2.45, 2.75) is 6.92 Å². The number of anilines is 2. The molecule has 2 N–H and O–H groups in total. The van der Waals surface area contributed by atoms with E-state index in [-0.39, 0.29) is 11.8 Å². The van der Waals surface area contributed by atoms with Crippen molar-refractivity contribution in [1.29, 1.82) is 0 Å². The second-order valence-corrected chi connectivity index (χ2v) is 8.46. The first kappa shape index (κ1) is 18.6. The fourth-order valence-corrected chi connectivity index (χ4v) is 4.35. The van der Waals surface area contributed by atoms with Crippen LogP contribution in [0.4, 0.5) is 10.8 Å². The molecule has 8 heteroatoms. The Morgan fingerprint density at radius 3 is 2.68 bits per heavy atom. The van der Waals surface area contributed by atoms with Crippen molar-refractivity contribution in [1.82, 2.24) is 4.98 Å². The Hall–Kier alpha value is -2.74. The fraction of sp³-hybridized carbons (Fsp3) is 0.0500. The SMILES string of the molecule is Cc1ccc2nc(NC(=O)c3ccc(Cl)c(NC(=O)c4cccs4)c3)sc2c1. The second-order valence-electron chi connectivity index (χ2n) is 6.07. The van der Waals surface area contributed by atoms with E-state index in [4.69, 9.17) is 11.6 Å². The third-order valence-corrected chi connectivity index (χ3v) is 6.12. The lowest BCUT2D eigenvalue weighted by Crippen LogP contribution is -2.14. The largest absolute Gasteiger partial charge is 0.320 e. The van der Waals surface area contributed by atoms with Gasteiger partial charge in [0.05, 0.1) is 25.8 Å². The number of thiophene rings is 1. The number of carbonyl (C=O) groups is 2. The van der Waals surface area contributed by atoms with Gasteiger partial charge in [-0.05, 0) is 54.3 Å². The van der Waals surface area contributed by atoms with E-state index in [0.717, 1.165) is 15.8 Å². The summed E-state index contributed by atoms with van der Waals surface area (Å²) in [6, 6.07) is 14.2. The molecule has 2 aromatic heterocycles. The van der Waals surface area contributed by atoms with Gasteiger partial charge in [0.2, 0.25) is 0 Å². The minimum Gasteiger partial charge on any atom is -0.320 e. The lowest BCUT2D eigenvalue weighted by molar-refractivity contribution is 0.101. The second kappa shape index (κ2) is 7.71. The maximum atomic E-state index is 12.6. The summed E-state index contributed by atoms with van der Waals surface area (Å²) in [5.74, 6) is -0.588. The van der Waals surface area contributed by atoms with Crippen molar-refractivity contribution in [2.75, 3.05) is 10.6 Å². The maximum absolute atomic E-state index is 12.6. The fourth-order valence-electron chi connectivity index (χ4n) is 2.61. The molecule has 0 saturated carbocycles. The molecule has 0 aliphatic rings. The average molecular weight is 428 g/mol. The van der Waals surface area contributed by atoms with Gasteiger partial charge in [-0.25, -0.2) is 4.98 Å². The van der Waals surface area contributed by atoms with Crippen LogP contribution in [0, 0.1) is 6.92 Å². The van der Waals surface area contributed by atoms with Crippen molar-refractivity contribution in [3.05, 3.63) is 74.9 Å². The number of thiazole rings is 1. The Morgan fingerprint density at radius 2 is 1.89 bits per heavy atom. The Kier molecular flexibility index (Phi) is 5.13. The monoisotopic (exact) mass is 427 g/mol. The maximum Gasteiger partial charge on any atom is 0.265 e. The van der Waals surface area contributed by atoms with Crippen LogP contribution in [-0.2, 0) is 0 Å². The summed E-state index contributed by atoms with van der Waals surface area (Å²) in [5.41, 5.74) is 2.73. The summed E-state index contributed by atoms with van der Waals surface area (Å²) >= 11 is 8.92. The number of nitrogens with zero attached hydrogens (tertiary/aromatic N) is 1. The highest BCUT2D eigenvalue weighted by atomic mass is 35.5. The number of halogens is 1. The zero-order valence-corrected chi connectivity index (χ0v) is 17.0. The van der Waals surface area contributed by atoms with Crippen molar-refractivity contribution in [3.63, 3.8) is 0 Å². The predicted molar refractivity (Wildman–Crippen MR) is 116 cm³/mol. The van der Waals surface area contributed by atoms with Gasteiger partial charge < -0.3 is 5.32 Å². The van der Waals surface area contributed by atoms with Gasteiger partial charge in [0.15, 0.2) is 5.13 Å². The van der Waals surface area contributed by atoms with Crippen molar-refractivity contribution in [3.8, 4) is 0 Å². The van der Waals surface area contributed by atoms with Gasteiger partial charge in [-0.15, -0.1) is 11.3 Å². The van der Waals surface area contributed by atoms with Gasteiger partial charge in [0.25, 0.3) is 11.8 Å². The van der Waals surface area contributed by atoms with Crippen LogP contribution in [0.2, 0.25) is 5.02 Å².